The van der Waals surface area contributed by atoms with E-state index < -0.39 is 6.10 Å². The maximum Gasteiger partial charge on any atom is 0.161 e. The van der Waals surface area contributed by atoms with E-state index in [1.807, 2.05) is 36.5 Å². The van der Waals surface area contributed by atoms with Crippen LogP contribution < -0.4 is 5.32 Å². The highest BCUT2D eigenvalue weighted by Crippen LogP contribution is 2.18. The molecule has 0 fully saturated rings. The molecule has 8 nitrogen and oxygen atoms in total. The number of aliphatic hydroxyl groups excluding tert-OH is 1. The van der Waals surface area contributed by atoms with Crippen molar-refractivity contribution in [1.29, 1.82) is 0 Å². The Morgan fingerprint density at radius 3 is 2.85 bits per heavy atom. The number of nitrogens with zero attached hydrogens (tertiary/aromatic N) is 5. The summed E-state index contributed by atoms with van der Waals surface area (Å²) in [5.41, 5.74) is 1.74. The van der Waals surface area contributed by atoms with Crippen LogP contribution in [-0.4, -0.2) is 56.7 Å². The zero-order valence-corrected chi connectivity index (χ0v) is 14.8. The van der Waals surface area contributed by atoms with Crippen molar-refractivity contribution >= 4 is 11.5 Å². The lowest BCUT2D eigenvalue weighted by atomic mass is 10.2. The largest absolute Gasteiger partial charge is 0.390 e. The minimum atomic E-state index is -0.587. The highest BCUT2D eigenvalue weighted by molar-refractivity contribution is 5.59. The summed E-state index contributed by atoms with van der Waals surface area (Å²) < 4.78 is 1.68. The van der Waals surface area contributed by atoms with Crippen molar-refractivity contribution in [2.45, 2.75) is 12.6 Å². The highest BCUT2D eigenvalue weighted by Gasteiger charge is 2.10. The van der Waals surface area contributed by atoms with Gasteiger partial charge in [0.2, 0.25) is 0 Å². The van der Waals surface area contributed by atoms with Gasteiger partial charge in [-0.2, -0.15) is 10.2 Å². The Bertz CT molecular complexity index is 823. The van der Waals surface area contributed by atoms with Gasteiger partial charge in [0, 0.05) is 25.0 Å². The molecule has 0 amide bonds. The fourth-order valence-electron chi connectivity index (χ4n) is 2.48. The molecular weight excluding hydrogens is 332 g/mol. The maximum atomic E-state index is 10.0. The van der Waals surface area contributed by atoms with Crippen LogP contribution in [0.5, 0.6) is 0 Å². The summed E-state index contributed by atoms with van der Waals surface area (Å²) in [6.45, 7) is 0.764. The number of hydrogen-bond acceptors (Lipinski definition) is 7. The maximum absolute atomic E-state index is 10.0. The van der Waals surface area contributed by atoms with E-state index in [0.29, 0.717) is 24.7 Å². The Morgan fingerprint density at radius 1 is 1.27 bits per heavy atom. The molecule has 136 valence electrons. The van der Waals surface area contributed by atoms with Gasteiger partial charge in [0.1, 0.15) is 5.82 Å². The normalized spacial score (nSPS) is 12.3. The summed E-state index contributed by atoms with van der Waals surface area (Å²) >= 11 is 0. The molecule has 2 aromatic heterocycles. The van der Waals surface area contributed by atoms with E-state index in [1.54, 1.807) is 42.4 Å². The van der Waals surface area contributed by atoms with Gasteiger partial charge in [0.15, 0.2) is 5.82 Å². The average Bonchev–Trinajstić information content (AvgIpc) is 3.09. The average molecular weight is 354 g/mol. The predicted octanol–water partition coefficient (Wildman–Crippen LogP) is 1.94. The molecule has 2 heterocycles. The summed E-state index contributed by atoms with van der Waals surface area (Å²) in [6, 6.07) is 11.6. The molecule has 3 rings (SSSR count). The number of rotatable bonds is 8. The van der Waals surface area contributed by atoms with Gasteiger partial charge < -0.3 is 15.3 Å². The molecule has 1 aromatic carbocycles. The lowest BCUT2D eigenvalue weighted by molar-refractivity contribution is -0.129. The molecular formula is C18H22N6O2. The van der Waals surface area contributed by atoms with Crippen LogP contribution in [-0.2, 0) is 11.4 Å². The lowest BCUT2D eigenvalue weighted by Crippen LogP contribution is -2.31. The summed E-state index contributed by atoms with van der Waals surface area (Å²) in [6.07, 6.45) is 4.64. The number of benzene rings is 1. The molecule has 0 saturated heterocycles. The second kappa shape index (κ2) is 8.52. The van der Waals surface area contributed by atoms with Crippen LogP contribution in [0.4, 0.5) is 11.5 Å². The number of likely N-dealkylation sites (N-methyl/N-ethyl adjacent to an activating group) is 1. The smallest absolute Gasteiger partial charge is 0.161 e. The van der Waals surface area contributed by atoms with E-state index in [9.17, 15) is 5.11 Å². The number of aromatic nitrogens is 4. The second-order valence-corrected chi connectivity index (χ2v) is 5.85. The summed E-state index contributed by atoms with van der Waals surface area (Å²) in [5.74, 6) is 1.33. The Kier molecular flexibility index (Phi) is 5.90. The van der Waals surface area contributed by atoms with Crippen molar-refractivity contribution in [2.24, 2.45) is 0 Å². The van der Waals surface area contributed by atoms with Crippen LogP contribution in [0.2, 0.25) is 0 Å². The van der Waals surface area contributed by atoms with Gasteiger partial charge in [0.25, 0.3) is 0 Å². The van der Waals surface area contributed by atoms with Crippen molar-refractivity contribution in [2.75, 3.05) is 26.0 Å². The molecule has 0 spiro atoms. The van der Waals surface area contributed by atoms with Crippen molar-refractivity contribution < 1.29 is 9.94 Å². The first kappa shape index (κ1) is 18.0. The number of nitrogens with one attached hydrogen (secondary N) is 1. The molecule has 26 heavy (non-hydrogen) atoms. The molecule has 1 atom stereocenters. The van der Waals surface area contributed by atoms with Gasteiger partial charge in [-0.25, -0.2) is 9.97 Å². The quantitative estimate of drug-likeness (QED) is 0.598. The molecule has 0 aliphatic rings. The van der Waals surface area contributed by atoms with E-state index in [1.165, 1.54) is 0 Å². The van der Waals surface area contributed by atoms with Gasteiger partial charge in [-0.05, 0) is 6.07 Å². The SMILES string of the molecule is CON(C)CC(O)Cn1cc(Nc2ccnc(-c3ccccc3)n2)cn1. The van der Waals surface area contributed by atoms with Crippen LogP contribution in [0.3, 0.4) is 0 Å². The van der Waals surface area contributed by atoms with Crippen LogP contribution >= 0.6 is 0 Å². The van der Waals surface area contributed by atoms with E-state index in [-0.39, 0.29) is 0 Å². The fraction of sp³-hybridized carbons (Fsp3) is 0.278. The summed E-state index contributed by atoms with van der Waals surface area (Å²) in [7, 11) is 3.33. The number of anilines is 2. The van der Waals surface area contributed by atoms with Crippen molar-refractivity contribution in [3.63, 3.8) is 0 Å². The van der Waals surface area contributed by atoms with E-state index >= 15 is 0 Å². The third-order valence-electron chi connectivity index (χ3n) is 3.77. The van der Waals surface area contributed by atoms with E-state index in [4.69, 9.17) is 4.84 Å². The van der Waals surface area contributed by atoms with Gasteiger partial charge >= 0.3 is 0 Å². The monoisotopic (exact) mass is 354 g/mol. The number of hydroxylamine groups is 2. The van der Waals surface area contributed by atoms with Crippen LogP contribution in [0.25, 0.3) is 11.4 Å². The molecule has 0 aliphatic carbocycles. The second-order valence-electron chi connectivity index (χ2n) is 5.85. The van der Waals surface area contributed by atoms with Crippen molar-refractivity contribution in [3.8, 4) is 11.4 Å². The molecule has 0 aliphatic heterocycles. The molecule has 0 saturated carbocycles. The van der Waals surface area contributed by atoms with Crippen LogP contribution in [0.1, 0.15) is 0 Å². The molecule has 3 aromatic rings. The van der Waals surface area contributed by atoms with Gasteiger partial charge in [0.05, 0.1) is 38.2 Å². The van der Waals surface area contributed by atoms with Gasteiger partial charge in [-0.1, -0.05) is 30.3 Å². The molecule has 1 unspecified atom stereocenters. The first-order chi connectivity index (χ1) is 12.6. The Balaban J connectivity index is 1.64. The fourth-order valence-corrected chi connectivity index (χ4v) is 2.48. The molecule has 0 radical (unpaired) electrons. The summed E-state index contributed by atoms with van der Waals surface area (Å²) in [4.78, 5) is 13.8. The van der Waals surface area contributed by atoms with E-state index in [0.717, 1.165) is 11.3 Å². The number of hydrogen-bond donors (Lipinski definition) is 2. The first-order valence-electron chi connectivity index (χ1n) is 8.25. The number of aliphatic hydroxyl groups is 1. The summed E-state index contributed by atoms with van der Waals surface area (Å²) in [5, 5.41) is 19.1. The minimum absolute atomic E-state index is 0.369. The standard InChI is InChI=1S/C18H22N6O2/c1-23(26-2)12-16(25)13-24-11-15(10-20-24)21-17-8-9-19-18(22-17)14-6-4-3-5-7-14/h3-11,16,25H,12-13H2,1-2H3,(H,19,21,22). The highest BCUT2D eigenvalue weighted by atomic mass is 16.7. The topological polar surface area (TPSA) is 88.3 Å². The molecule has 0 bridgehead atoms. The lowest BCUT2D eigenvalue weighted by Gasteiger charge is -2.17. The zero-order chi connectivity index (χ0) is 18.4. The molecule has 8 heteroatoms. The van der Waals surface area contributed by atoms with Crippen molar-refractivity contribution in [1.82, 2.24) is 24.8 Å². The van der Waals surface area contributed by atoms with Crippen molar-refractivity contribution in [3.05, 3.63) is 55.0 Å². The first-order valence-corrected chi connectivity index (χ1v) is 8.25. The zero-order valence-electron chi connectivity index (χ0n) is 14.8. The Hall–Kier alpha value is -2.81. The predicted molar refractivity (Wildman–Crippen MR) is 98.6 cm³/mol. The van der Waals surface area contributed by atoms with E-state index in [2.05, 4.69) is 20.4 Å². The van der Waals surface area contributed by atoms with Gasteiger partial charge in [-0.3, -0.25) is 4.68 Å². The van der Waals surface area contributed by atoms with Crippen LogP contribution in [0, 0.1) is 0 Å². The molecule has 2 N–H and O–H groups in total. The van der Waals surface area contributed by atoms with Gasteiger partial charge in [-0.15, -0.1) is 0 Å². The Morgan fingerprint density at radius 2 is 2.08 bits per heavy atom. The minimum Gasteiger partial charge on any atom is -0.390 e. The Labute approximate surface area is 152 Å². The van der Waals surface area contributed by atoms with Crippen LogP contribution in [0.15, 0.2) is 55.0 Å². The third kappa shape index (κ3) is 4.85. The third-order valence-corrected chi connectivity index (χ3v) is 3.77.